The number of hydrogen-bond donors (Lipinski definition) is 2. The van der Waals surface area contributed by atoms with Gasteiger partial charge in [-0.3, -0.25) is 19.3 Å². The first-order chi connectivity index (χ1) is 32.3. The lowest BCUT2D eigenvalue weighted by Gasteiger charge is -2.45. The molecule has 7 atom stereocenters. The number of methoxy groups -OCH3 is 2. The fourth-order valence-electron chi connectivity index (χ4n) is 9.20. The summed E-state index contributed by atoms with van der Waals surface area (Å²) in [6.45, 7) is 21.4. The van der Waals surface area contributed by atoms with Crippen LogP contribution in [0.2, 0.25) is 18.1 Å². The number of carbonyl (C=O) groups is 4. The number of carbonyl (C=O) groups excluding carboxylic acids is 4. The Balaban J connectivity index is 1.64. The zero-order valence-corrected chi connectivity index (χ0v) is 44.0. The summed E-state index contributed by atoms with van der Waals surface area (Å²) < 4.78 is 61.3. The van der Waals surface area contributed by atoms with E-state index in [4.69, 9.17) is 23.4 Å². The van der Waals surface area contributed by atoms with Crippen LogP contribution in [-0.4, -0.2) is 111 Å². The maximum atomic E-state index is 15.5. The van der Waals surface area contributed by atoms with Gasteiger partial charge in [-0.2, -0.15) is 0 Å². The lowest BCUT2D eigenvalue weighted by molar-refractivity contribution is -0.144. The van der Waals surface area contributed by atoms with Gasteiger partial charge in [0.2, 0.25) is 17.7 Å². The molecular formula is C53H76F2N4O9Si. The van der Waals surface area contributed by atoms with Gasteiger partial charge in [0.05, 0.1) is 51.7 Å². The number of benzene rings is 3. The van der Waals surface area contributed by atoms with Gasteiger partial charge in [0, 0.05) is 25.6 Å². The lowest BCUT2D eigenvalue weighted by atomic mass is 9.81. The highest BCUT2D eigenvalue weighted by Crippen LogP contribution is 2.41. The van der Waals surface area contributed by atoms with Crippen LogP contribution in [-0.2, 0) is 47.7 Å². The van der Waals surface area contributed by atoms with Gasteiger partial charge in [-0.1, -0.05) is 71.4 Å². The third-order valence-electron chi connectivity index (χ3n) is 14.0. The molecule has 0 saturated carbocycles. The van der Waals surface area contributed by atoms with Crippen molar-refractivity contribution in [1.29, 1.82) is 0 Å². The second-order valence-electron chi connectivity index (χ2n) is 21.3. The van der Waals surface area contributed by atoms with E-state index in [0.717, 1.165) is 17.2 Å². The Kier molecular flexibility index (Phi) is 18.1. The first-order valence-corrected chi connectivity index (χ1v) is 27.1. The molecule has 2 N–H and O–H groups in total. The molecule has 5 rings (SSSR count). The molecule has 0 aliphatic carbocycles. The standard InChI is InChI=1S/C53H76F2N4O9Si/c1-14-34(2)53(57-35(3)60)22-23-58(49(53)62)45(21-20-36-18-16-15-17-19-36)48(61)56-44(28-37-24-39(54)29-40(55)25-37)47(68-69(12,13)52(7,8)9)46-31-43(32-59(46)50(63)67-51(4,5)6)66-33-38-26-41(64-10)30-42(27-38)65-11/h15-19,24-27,29-30,34,43-47H,14,20-23,28,31-33H2,1-13H3,(H,56,61)(H,57,60)/t34-,43-,44+,45?,46-,47+,53?/m1/s1. The molecule has 4 amide bonds. The average molecular weight is 979 g/mol. The van der Waals surface area contributed by atoms with Gasteiger partial charge in [-0.25, -0.2) is 13.6 Å². The number of amides is 4. The Hall–Kier alpha value is -5.06. The van der Waals surface area contributed by atoms with E-state index in [-0.39, 0.29) is 67.3 Å². The predicted molar refractivity (Wildman–Crippen MR) is 264 cm³/mol. The Morgan fingerprint density at radius 1 is 0.899 bits per heavy atom. The Morgan fingerprint density at radius 2 is 1.52 bits per heavy atom. The largest absolute Gasteiger partial charge is 0.497 e. The molecule has 2 aliphatic heterocycles. The summed E-state index contributed by atoms with van der Waals surface area (Å²) in [4.78, 5) is 60.7. The number of aryl methyl sites for hydroxylation is 1. The zero-order chi connectivity index (χ0) is 51.1. The summed E-state index contributed by atoms with van der Waals surface area (Å²) in [6, 6.07) is 15.5. The number of likely N-dealkylation sites (tertiary alicyclic amines) is 2. The van der Waals surface area contributed by atoms with Gasteiger partial charge in [0.1, 0.15) is 40.3 Å². The maximum Gasteiger partial charge on any atom is 0.410 e. The summed E-state index contributed by atoms with van der Waals surface area (Å²) in [5.74, 6) is -1.86. The van der Waals surface area contributed by atoms with Crippen molar-refractivity contribution >= 4 is 32.1 Å². The predicted octanol–water partition coefficient (Wildman–Crippen LogP) is 9.15. The summed E-state index contributed by atoms with van der Waals surface area (Å²) in [7, 11) is 0.291. The van der Waals surface area contributed by atoms with Crippen molar-refractivity contribution < 1.29 is 51.3 Å². The van der Waals surface area contributed by atoms with Crippen molar-refractivity contribution in [2.75, 3.05) is 27.3 Å². The quantitative estimate of drug-likeness (QED) is 0.106. The van der Waals surface area contributed by atoms with Crippen LogP contribution in [0.3, 0.4) is 0 Å². The van der Waals surface area contributed by atoms with Crippen LogP contribution in [0, 0.1) is 17.6 Å². The van der Waals surface area contributed by atoms with Crippen LogP contribution < -0.4 is 20.1 Å². The van der Waals surface area contributed by atoms with Crippen LogP contribution in [0.1, 0.15) is 105 Å². The molecule has 3 aromatic rings. The van der Waals surface area contributed by atoms with Gasteiger partial charge in [0.15, 0.2) is 8.32 Å². The first kappa shape index (κ1) is 54.9. The minimum Gasteiger partial charge on any atom is -0.497 e. The van der Waals surface area contributed by atoms with Gasteiger partial charge < -0.3 is 38.9 Å². The average Bonchev–Trinajstić information content (AvgIpc) is 3.84. The molecule has 3 aromatic carbocycles. The molecule has 0 bridgehead atoms. The van der Waals surface area contributed by atoms with Gasteiger partial charge in [-0.05, 0) is 118 Å². The molecule has 13 nitrogen and oxygen atoms in total. The topological polar surface area (TPSA) is 145 Å². The molecule has 2 aliphatic rings. The minimum atomic E-state index is -2.84. The highest BCUT2D eigenvalue weighted by Gasteiger charge is 2.54. The second kappa shape index (κ2) is 22.8. The van der Waals surface area contributed by atoms with E-state index < -0.39 is 73.4 Å². The van der Waals surface area contributed by atoms with Crippen molar-refractivity contribution in [2.45, 2.75) is 167 Å². The van der Waals surface area contributed by atoms with E-state index in [1.807, 2.05) is 56.3 Å². The summed E-state index contributed by atoms with van der Waals surface area (Å²) in [5, 5.41) is 5.90. The molecule has 2 unspecified atom stereocenters. The minimum absolute atomic E-state index is 0.102. The van der Waals surface area contributed by atoms with Crippen molar-refractivity contribution in [3.05, 3.63) is 95.1 Å². The number of nitrogens with zero attached hydrogens (tertiary/aromatic N) is 2. The second-order valence-corrected chi connectivity index (χ2v) is 26.0. The maximum absolute atomic E-state index is 15.5. The van der Waals surface area contributed by atoms with Crippen LogP contribution in [0.25, 0.3) is 0 Å². The number of hydrogen-bond acceptors (Lipinski definition) is 9. The van der Waals surface area contributed by atoms with Gasteiger partial charge in [0.25, 0.3) is 0 Å². The van der Waals surface area contributed by atoms with E-state index >= 15 is 13.6 Å². The van der Waals surface area contributed by atoms with Crippen molar-refractivity contribution in [1.82, 2.24) is 20.4 Å². The van der Waals surface area contributed by atoms with E-state index in [9.17, 15) is 14.4 Å². The zero-order valence-electron chi connectivity index (χ0n) is 43.0. The van der Waals surface area contributed by atoms with Crippen molar-refractivity contribution in [3.8, 4) is 11.5 Å². The molecule has 380 valence electrons. The van der Waals surface area contributed by atoms with Crippen LogP contribution in [0.5, 0.6) is 11.5 Å². The highest BCUT2D eigenvalue weighted by molar-refractivity contribution is 6.74. The van der Waals surface area contributed by atoms with E-state index in [2.05, 4.69) is 44.5 Å². The van der Waals surface area contributed by atoms with E-state index in [1.165, 1.54) is 19.1 Å². The van der Waals surface area contributed by atoms with Crippen LogP contribution >= 0.6 is 0 Å². The SMILES string of the molecule is CC[C@@H](C)C1(NC(C)=O)CCN(C(CCc2ccccc2)C(=O)N[C@@H](Cc2cc(F)cc(F)c2)[C@H](O[Si](C)(C)C(C)(C)C)[C@H]2C[C@@H](OCc3cc(OC)cc(OC)c3)CN2C(=O)OC(C)(C)C)C1=O. The summed E-state index contributed by atoms with van der Waals surface area (Å²) in [5.41, 5.74) is -0.111. The summed E-state index contributed by atoms with van der Waals surface area (Å²) in [6.07, 6.45) is -0.423. The number of ether oxygens (including phenoxy) is 4. The molecule has 0 spiro atoms. The van der Waals surface area contributed by atoms with Gasteiger partial charge in [-0.15, -0.1) is 0 Å². The number of rotatable bonds is 20. The Labute approximate surface area is 409 Å². The third kappa shape index (κ3) is 14.1. The fraction of sp³-hybridized carbons (Fsp3) is 0.585. The molecule has 0 aromatic heterocycles. The van der Waals surface area contributed by atoms with Crippen molar-refractivity contribution in [2.24, 2.45) is 5.92 Å². The van der Waals surface area contributed by atoms with Gasteiger partial charge >= 0.3 is 6.09 Å². The number of halogens is 2. The monoisotopic (exact) mass is 979 g/mol. The molecule has 16 heteroatoms. The highest BCUT2D eigenvalue weighted by atomic mass is 28.4. The molecular weight excluding hydrogens is 903 g/mol. The van der Waals surface area contributed by atoms with E-state index in [1.54, 1.807) is 50.9 Å². The fourth-order valence-corrected chi connectivity index (χ4v) is 10.6. The number of nitrogens with one attached hydrogen (secondary N) is 2. The summed E-state index contributed by atoms with van der Waals surface area (Å²) >= 11 is 0. The molecule has 2 heterocycles. The molecule has 0 radical (unpaired) electrons. The van der Waals surface area contributed by atoms with Crippen LogP contribution in [0.15, 0.2) is 66.7 Å². The Bertz CT molecular complexity index is 2210. The van der Waals surface area contributed by atoms with E-state index in [0.29, 0.717) is 30.8 Å². The Morgan fingerprint density at radius 3 is 2.07 bits per heavy atom. The molecule has 2 saturated heterocycles. The third-order valence-corrected chi connectivity index (χ3v) is 18.5. The lowest BCUT2D eigenvalue weighted by Crippen LogP contribution is -2.63. The van der Waals surface area contributed by atoms with Crippen LogP contribution in [0.4, 0.5) is 13.6 Å². The molecule has 69 heavy (non-hydrogen) atoms. The smallest absolute Gasteiger partial charge is 0.410 e. The normalized spacial score (nSPS) is 20.5. The first-order valence-electron chi connectivity index (χ1n) is 24.2. The van der Waals surface area contributed by atoms with Crippen molar-refractivity contribution in [3.63, 3.8) is 0 Å². The molecule has 2 fully saturated rings.